The van der Waals surface area contributed by atoms with Crippen LogP contribution in [0.3, 0.4) is 0 Å². The third-order valence-corrected chi connectivity index (χ3v) is 4.54. The maximum Gasteiger partial charge on any atom is 0.274 e. The molecule has 0 saturated carbocycles. The van der Waals surface area contributed by atoms with Crippen LogP contribution >= 0.6 is 0 Å². The van der Waals surface area contributed by atoms with Crippen molar-refractivity contribution in [2.75, 3.05) is 26.2 Å². The molecule has 22 heavy (non-hydrogen) atoms. The molecule has 3 rings (SSSR count). The third kappa shape index (κ3) is 3.33. The summed E-state index contributed by atoms with van der Waals surface area (Å²) < 4.78 is 7.77. The SMILES string of the molecule is CCC1CN(C(=O)c2ccn(C3CCCNC3)n2)CC(C)O1. The van der Waals surface area contributed by atoms with Crippen LogP contribution in [-0.2, 0) is 4.74 Å². The number of nitrogens with one attached hydrogen (secondary N) is 1. The Hall–Kier alpha value is -1.40. The Bertz CT molecular complexity index is 510. The van der Waals surface area contributed by atoms with E-state index in [4.69, 9.17) is 4.74 Å². The van der Waals surface area contributed by atoms with E-state index in [2.05, 4.69) is 17.3 Å². The van der Waals surface area contributed by atoms with Crippen LogP contribution in [0, 0.1) is 0 Å². The molecule has 0 bridgehead atoms. The summed E-state index contributed by atoms with van der Waals surface area (Å²) >= 11 is 0. The molecule has 0 radical (unpaired) electrons. The minimum Gasteiger partial charge on any atom is -0.372 e. The van der Waals surface area contributed by atoms with Gasteiger partial charge in [0.1, 0.15) is 5.69 Å². The van der Waals surface area contributed by atoms with E-state index in [1.165, 1.54) is 0 Å². The Morgan fingerprint density at radius 1 is 1.50 bits per heavy atom. The summed E-state index contributed by atoms with van der Waals surface area (Å²) in [5, 5.41) is 7.91. The van der Waals surface area contributed by atoms with Crippen LogP contribution < -0.4 is 5.32 Å². The summed E-state index contributed by atoms with van der Waals surface area (Å²) in [5.41, 5.74) is 0.550. The summed E-state index contributed by atoms with van der Waals surface area (Å²) in [6.07, 6.45) is 5.37. The van der Waals surface area contributed by atoms with Crippen molar-refractivity contribution in [3.8, 4) is 0 Å². The fraction of sp³-hybridized carbons (Fsp3) is 0.750. The molecule has 6 nitrogen and oxygen atoms in total. The van der Waals surface area contributed by atoms with E-state index in [-0.39, 0.29) is 18.1 Å². The highest BCUT2D eigenvalue weighted by Gasteiger charge is 2.29. The Balaban J connectivity index is 1.68. The Morgan fingerprint density at radius 2 is 2.36 bits per heavy atom. The quantitative estimate of drug-likeness (QED) is 0.918. The van der Waals surface area contributed by atoms with Crippen molar-refractivity contribution in [2.45, 2.75) is 51.4 Å². The topological polar surface area (TPSA) is 59.4 Å². The van der Waals surface area contributed by atoms with Gasteiger partial charge < -0.3 is 15.0 Å². The lowest BCUT2D eigenvalue weighted by molar-refractivity contribution is -0.0682. The Labute approximate surface area is 131 Å². The smallest absolute Gasteiger partial charge is 0.274 e. The number of ether oxygens (including phenoxy) is 1. The van der Waals surface area contributed by atoms with Gasteiger partial charge in [-0.2, -0.15) is 5.10 Å². The van der Waals surface area contributed by atoms with Gasteiger partial charge in [-0.15, -0.1) is 0 Å². The molecule has 3 unspecified atom stereocenters. The number of hydrogen-bond acceptors (Lipinski definition) is 4. The van der Waals surface area contributed by atoms with Crippen LogP contribution in [0.4, 0.5) is 0 Å². The number of carbonyl (C=O) groups excluding carboxylic acids is 1. The highest BCUT2D eigenvalue weighted by Crippen LogP contribution is 2.18. The monoisotopic (exact) mass is 306 g/mol. The average molecular weight is 306 g/mol. The number of nitrogens with zero attached hydrogens (tertiary/aromatic N) is 3. The molecule has 2 saturated heterocycles. The number of carbonyl (C=O) groups is 1. The van der Waals surface area contributed by atoms with Gasteiger partial charge in [0.25, 0.3) is 5.91 Å². The second-order valence-corrected chi connectivity index (χ2v) is 6.37. The fourth-order valence-corrected chi connectivity index (χ4v) is 3.31. The predicted molar refractivity (Wildman–Crippen MR) is 83.9 cm³/mol. The number of morpholine rings is 1. The molecule has 0 spiro atoms. The van der Waals surface area contributed by atoms with Gasteiger partial charge in [-0.25, -0.2) is 0 Å². The van der Waals surface area contributed by atoms with E-state index in [0.717, 1.165) is 32.4 Å². The second-order valence-electron chi connectivity index (χ2n) is 6.37. The van der Waals surface area contributed by atoms with Crippen molar-refractivity contribution in [1.82, 2.24) is 20.0 Å². The largest absolute Gasteiger partial charge is 0.372 e. The first-order chi connectivity index (χ1) is 10.7. The molecule has 0 aliphatic carbocycles. The third-order valence-electron chi connectivity index (χ3n) is 4.54. The minimum atomic E-state index is 0.0242. The molecule has 6 heteroatoms. The highest BCUT2D eigenvalue weighted by atomic mass is 16.5. The van der Waals surface area contributed by atoms with Gasteiger partial charge in [-0.05, 0) is 38.8 Å². The zero-order valence-electron chi connectivity index (χ0n) is 13.5. The summed E-state index contributed by atoms with van der Waals surface area (Å²) in [6, 6.07) is 2.21. The average Bonchev–Trinajstić information content (AvgIpc) is 3.04. The number of hydrogen-bond donors (Lipinski definition) is 1. The molecular formula is C16H26N4O2. The van der Waals surface area contributed by atoms with Gasteiger partial charge in [0.15, 0.2) is 0 Å². The number of amides is 1. The first-order valence-electron chi connectivity index (χ1n) is 8.38. The molecule has 0 aromatic carbocycles. The van der Waals surface area contributed by atoms with Crippen molar-refractivity contribution >= 4 is 5.91 Å². The lowest BCUT2D eigenvalue weighted by Gasteiger charge is -2.36. The Morgan fingerprint density at radius 3 is 3.09 bits per heavy atom. The summed E-state index contributed by atoms with van der Waals surface area (Å²) in [6.45, 7) is 7.44. The molecule has 1 N–H and O–H groups in total. The molecular weight excluding hydrogens is 280 g/mol. The van der Waals surface area contributed by atoms with Crippen LogP contribution in [0.15, 0.2) is 12.3 Å². The van der Waals surface area contributed by atoms with E-state index in [1.54, 1.807) is 0 Å². The first kappa shape index (κ1) is 15.5. The summed E-state index contributed by atoms with van der Waals surface area (Å²) in [7, 11) is 0. The van der Waals surface area contributed by atoms with Crippen LogP contribution in [0.5, 0.6) is 0 Å². The molecule has 1 aromatic heterocycles. The summed E-state index contributed by atoms with van der Waals surface area (Å²) in [4.78, 5) is 14.6. The van der Waals surface area contributed by atoms with Crippen molar-refractivity contribution < 1.29 is 9.53 Å². The van der Waals surface area contributed by atoms with Crippen LogP contribution in [0.2, 0.25) is 0 Å². The summed E-state index contributed by atoms with van der Waals surface area (Å²) in [5.74, 6) is 0.0242. The first-order valence-corrected chi connectivity index (χ1v) is 8.38. The Kier molecular flexibility index (Phi) is 4.78. The lowest BCUT2D eigenvalue weighted by atomic mass is 10.1. The molecule has 3 atom stereocenters. The normalized spacial score (nSPS) is 29.5. The number of rotatable bonds is 3. The van der Waals surface area contributed by atoms with E-state index >= 15 is 0 Å². The van der Waals surface area contributed by atoms with Crippen molar-refractivity contribution in [3.63, 3.8) is 0 Å². The minimum absolute atomic E-state index is 0.0242. The zero-order chi connectivity index (χ0) is 15.5. The van der Waals surface area contributed by atoms with Crippen LogP contribution in [-0.4, -0.2) is 59.0 Å². The molecule has 2 aliphatic rings. The molecule has 1 aromatic rings. The van der Waals surface area contributed by atoms with Crippen molar-refractivity contribution in [1.29, 1.82) is 0 Å². The van der Waals surface area contributed by atoms with E-state index in [9.17, 15) is 4.79 Å². The molecule has 2 aliphatic heterocycles. The van der Waals surface area contributed by atoms with Gasteiger partial charge in [0.05, 0.1) is 18.2 Å². The highest BCUT2D eigenvalue weighted by molar-refractivity contribution is 5.92. The van der Waals surface area contributed by atoms with Crippen LogP contribution in [0.25, 0.3) is 0 Å². The van der Waals surface area contributed by atoms with Gasteiger partial charge >= 0.3 is 0 Å². The van der Waals surface area contributed by atoms with Gasteiger partial charge in [-0.3, -0.25) is 9.48 Å². The molecule has 3 heterocycles. The van der Waals surface area contributed by atoms with E-state index in [1.807, 2.05) is 28.8 Å². The fourth-order valence-electron chi connectivity index (χ4n) is 3.31. The van der Waals surface area contributed by atoms with Crippen LogP contribution in [0.1, 0.15) is 49.6 Å². The standard InChI is InChI=1S/C16H26N4O2/c1-3-14-11-19(10-12(2)22-14)16(21)15-6-8-20(18-15)13-5-4-7-17-9-13/h6,8,12-14,17H,3-5,7,9-11H2,1-2H3. The lowest BCUT2D eigenvalue weighted by Crippen LogP contribution is -2.49. The molecule has 1 amide bonds. The second kappa shape index (κ2) is 6.79. The van der Waals surface area contributed by atoms with E-state index < -0.39 is 0 Å². The van der Waals surface area contributed by atoms with E-state index in [0.29, 0.717) is 24.8 Å². The zero-order valence-corrected chi connectivity index (χ0v) is 13.5. The number of aromatic nitrogens is 2. The maximum atomic E-state index is 12.7. The number of piperidine rings is 1. The van der Waals surface area contributed by atoms with Gasteiger partial charge in [-0.1, -0.05) is 6.92 Å². The van der Waals surface area contributed by atoms with Crippen molar-refractivity contribution in [2.24, 2.45) is 0 Å². The molecule has 2 fully saturated rings. The molecule has 122 valence electrons. The van der Waals surface area contributed by atoms with Gasteiger partial charge in [0, 0.05) is 25.8 Å². The maximum absolute atomic E-state index is 12.7. The van der Waals surface area contributed by atoms with Gasteiger partial charge in [0.2, 0.25) is 0 Å². The predicted octanol–water partition coefficient (Wildman–Crippen LogP) is 1.45. The van der Waals surface area contributed by atoms with Crippen molar-refractivity contribution in [3.05, 3.63) is 18.0 Å².